The van der Waals surface area contributed by atoms with Gasteiger partial charge in [-0.15, -0.1) is 0 Å². The Morgan fingerprint density at radius 2 is 1.62 bits per heavy atom. The number of nitrogens with one attached hydrogen (secondary N) is 1. The first-order chi connectivity index (χ1) is 15.5. The molecular formula is C26H30N2O4. The van der Waals surface area contributed by atoms with Gasteiger partial charge in [-0.2, -0.15) is 0 Å². The Morgan fingerprint density at radius 3 is 2.22 bits per heavy atom. The quantitative estimate of drug-likeness (QED) is 0.512. The van der Waals surface area contributed by atoms with Crippen molar-refractivity contribution in [1.29, 1.82) is 0 Å². The summed E-state index contributed by atoms with van der Waals surface area (Å²) in [6, 6.07) is 14.1. The SMILES string of the molecule is CC(C)c1ccc([C@@H](C(=O)NC2CCCC2)N(Cc2ccco2)C(=O)c2ccco2)cc1. The molecule has 2 amide bonds. The number of furan rings is 2. The highest BCUT2D eigenvalue weighted by atomic mass is 16.3. The standard InChI is InChI=1S/C26H30N2O4/c1-18(2)19-11-13-20(14-12-19)24(25(29)27-21-7-3-4-8-21)28(17-22-9-5-15-31-22)26(30)23-10-6-16-32-23/h5-6,9-16,18,21,24H,3-4,7-8,17H2,1-2H3,(H,27,29)/t24-/m0/s1. The van der Waals surface area contributed by atoms with Gasteiger partial charge in [0.2, 0.25) is 5.91 Å². The van der Waals surface area contributed by atoms with Crippen LogP contribution in [0, 0.1) is 0 Å². The normalized spacial score (nSPS) is 15.1. The molecule has 1 aliphatic rings. The lowest BCUT2D eigenvalue weighted by Crippen LogP contribution is -2.45. The second-order valence-corrected chi connectivity index (χ2v) is 8.70. The Balaban J connectivity index is 1.72. The van der Waals surface area contributed by atoms with Gasteiger partial charge in [0.05, 0.1) is 19.1 Å². The maximum Gasteiger partial charge on any atom is 0.290 e. The first-order valence-corrected chi connectivity index (χ1v) is 11.3. The van der Waals surface area contributed by atoms with E-state index >= 15 is 0 Å². The first kappa shape index (κ1) is 21.9. The van der Waals surface area contributed by atoms with Gasteiger partial charge >= 0.3 is 0 Å². The summed E-state index contributed by atoms with van der Waals surface area (Å²) in [5.74, 6) is 0.627. The molecule has 1 aromatic carbocycles. The van der Waals surface area contributed by atoms with Gasteiger partial charge in [-0.3, -0.25) is 9.59 Å². The molecule has 0 aliphatic heterocycles. The predicted octanol–water partition coefficient (Wildman–Crippen LogP) is 5.44. The molecule has 4 rings (SSSR count). The van der Waals surface area contributed by atoms with Crippen molar-refractivity contribution >= 4 is 11.8 Å². The molecule has 0 saturated heterocycles. The number of rotatable bonds is 8. The zero-order valence-corrected chi connectivity index (χ0v) is 18.6. The number of amides is 2. The van der Waals surface area contributed by atoms with E-state index in [9.17, 15) is 9.59 Å². The van der Waals surface area contributed by atoms with Crippen LogP contribution in [-0.2, 0) is 11.3 Å². The highest BCUT2D eigenvalue weighted by Crippen LogP contribution is 2.29. The second-order valence-electron chi connectivity index (χ2n) is 8.70. The molecule has 1 aliphatic carbocycles. The van der Waals surface area contributed by atoms with Crippen molar-refractivity contribution in [2.45, 2.75) is 64.1 Å². The highest BCUT2D eigenvalue weighted by molar-refractivity contribution is 5.96. The van der Waals surface area contributed by atoms with E-state index in [1.54, 1.807) is 30.5 Å². The number of hydrogen-bond donors (Lipinski definition) is 1. The van der Waals surface area contributed by atoms with Crippen LogP contribution in [0.5, 0.6) is 0 Å². The monoisotopic (exact) mass is 434 g/mol. The Morgan fingerprint density at radius 1 is 0.969 bits per heavy atom. The molecule has 0 unspecified atom stereocenters. The van der Waals surface area contributed by atoms with Crippen molar-refractivity contribution < 1.29 is 18.4 Å². The number of nitrogens with zero attached hydrogens (tertiary/aromatic N) is 1. The van der Waals surface area contributed by atoms with Crippen LogP contribution in [0.1, 0.15) is 78.9 Å². The minimum Gasteiger partial charge on any atom is -0.467 e. The van der Waals surface area contributed by atoms with Crippen molar-refractivity contribution in [2.24, 2.45) is 0 Å². The minimum absolute atomic E-state index is 0.143. The first-order valence-electron chi connectivity index (χ1n) is 11.3. The van der Waals surface area contributed by atoms with Crippen molar-refractivity contribution in [1.82, 2.24) is 10.2 Å². The Labute approximate surface area is 188 Å². The molecule has 0 spiro atoms. The summed E-state index contributed by atoms with van der Waals surface area (Å²) in [6.07, 6.45) is 7.18. The third-order valence-corrected chi connectivity index (χ3v) is 6.08. The Bertz CT molecular complexity index is 1000. The van der Waals surface area contributed by atoms with Crippen molar-refractivity contribution in [3.63, 3.8) is 0 Å². The Hall–Kier alpha value is -3.28. The zero-order valence-electron chi connectivity index (χ0n) is 18.6. The predicted molar refractivity (Wildman–Crippen MR) is 121 cm³/mol. The highest BCUT2D eigenvalue weighted by Gasteiger charge is 2.35. The maximum atomic E-state index is 13.6. The summed E-state index contributed by atoms with van der Waals surface area (Å²) in [4.78, 5) is 28.6. The molecule has 2 heterocycles. The molecule has 6 heteroatoms. The van der Waals surface area contributed by atoms with Crippen molar-refractivity contribution in [2.75, 3.05) is 0 Å². The number of hydrogen-bond acceptors (Lipinski definition) is 4. The molecule has 1 fully saturated rings. The summed E-state index contributed by atoms with van der Waals surface area (Å²) in [5.41, 5.74) is 1.94. The Kier molecular flexibility index (Phi) is 6.78. The molecule has 32 heavy (non-hydrogen) atoms. The fourth-order valence-electron chi connectivity index (χ4n) is 4.28. The van der Waals surface area contributed by atoms with Crippen molar-refractivity contribution in [3.05, 3.63) is 83.7 Å². The molecule has 1 saturated carbocycles. The van der Waals surface area contributed by atoms with E-state index in [0.717, 1.165) is 31.2 Å². The van der Waals surface area contributed by atoms with Gasteiger partial charge in [0.25, 0.3) is 5.91 Å². The minimum atomic E-state index is -0.806. The van der Waals surface area contributed by atoms with E-state index in [-0.39, 0.29) is 30.2 Å². The van der Waals surface area contributed by atoms with Gasteiger partial charge in [0.15, 0.2) is 5.76 Å². The lowest BCUT2D eigenvalue weighted by atomic mass is 9.97. The maximum absolute atomic E-state index is 13.6. The van der Waals surface area contributed by atoms with Crippen LogP contribution in [0.2, 0.25) is 0 Å². The lowest BCUT2D eigenvalue weighted by Gasteiger charge is -2.31. The topological polar surface area (TPSA) is 75.7 Å². The van der Waals surface area contributed by atoms with Gasteiger partial charge in [-0.05, 0) is 54.2 Å². The van der Waals surface area contributed by atoms with Gasteiger partial charge in [0.1, 0.15) is 11.8 Å². The number of carbonyl (C=O) groups excluding carboxylic acids is 2. The second kappa shape index (κ2) is 9.90. The molecule has 168 valence electrons. The summed E-state index contributed by atoms with van der Waals surface area (Å²) in [6.45, 7) is 4.41. The summed E-state index contributed by atoms with van der Waals surface area (Å²) >= 11 is 0. The third-order valence-electron chi connectivity index (χ3n) is 6.08. The molecule has 2 aromatic heterocycles. The van der Waals surface area contributed by atoms with Gasteiger partial charge in [-0.1, -0.05) is 51.0 Å². The van der Waals surface area contributed by atoms with Crippen LogP contribution >= 0.6 is 0 Å². The molecule has 1 atom stereocenters. The van der Waals surface area contributed by atoms with Gasteiger partial charge < -0.3 is 19.1 Å². The average Bonchev–Trinajstić information content (AvgIpc) is 3.56. The average molecular weight is 435 g/mol. The summed E-state index contributed by atoms with van der Waals surface area (Å²) in [5, 5.41) is 3.18. The van der Waals surface area contributed by atoms with E-state index in [0.29, 0.717) is 11.7 Å². The molecule has 0 radical (unpaired) electrons. The van der Waals surface area contributed by atoms with Crippen LogP contribution in [0.4, 0.5) is 0 Å². The van der Waals surface area contributed by atoms with Gasteiger partial charge in [-0.25, -0.2) is 0 Å². The van der Waals surface area contributed by atoms with E-state index < -0.39 is 6.04 Å². The third kappa shape index (κ3) is 4.96. The number of carbonyl (C=O) groups is 2. The zero-order chi connectivity index (χ0) is 22.5. The largest absolute Gasteiger partial charge is 0.467 e. The molecule has 3 aromatic rings. The smallest absolute Gasteiger partial charge is 0.290 e. The van der Waals surface area contributed by atoms with Crippen LogP contribution in [-0.4, -0.2) is 22.8 Å². The van der Waals surface area contributed by atoms with Crippen LogP contribution in [0.15, 0.2) is 69.9 Å². The molecular weight excluding hydrogens is 404 g/mol. The van der Waals surface area contributed by atoms with E-state index in [2.05, 4.69) is 19.2 Å². The fraction of sp³-hybridized carbons (Fsp3) is 0.385. The van der Waals surface area contributed by atoms with Gasteiger partial charge in [0, 0.05) is 6.04 Å². The number of benzene rings is 1. The van der Waals surface area contributed by atoms with Crippen molar-refractivity contribution in [3.8, 4) is 0 Å². The molecule has 1 N–H and O–H groups in total. The molecule has 0 bridgehead atoms. The van der Waals surface area contributed by atoms with Crippen LogP contribution in [0.3, 0.4) is 0 Å². The van der Waals surface area contributed by atoms with E-state index in [1.165, 1.54) is 16.7 Å². The van der Waals surface area contributed by atoms with Crippen LogP contribution < -0.4 is 5.32 Å². The molecule has 6 nitrogen and oxygen atoms in total. The van der Waals surface area contributed by atoms with E-state index in [4.69, 9.17) is 8.83 Å². The van der Waals surface area contributed by atoms with E-state index in [1.807, 2.05) is 24.3 Å². The fourth-order valence-corrected chi connectivity index (χ4v) is 4.28. The lowest BCUT2D eigenvalue weighted by molar-refractivity contribution is -0.126. The summed E-state index contributed by atoms with van der Waals surface area (Å²) < 4.78 is 10.9. The van der Waals surface area contributed by atoms with Crippen LogP contribution in [0.25, 0.3) is 0 Å². The summed E-state index contributed by atoms with van der Waals surface area (Å²) in [7, 11) is 0.